The van der Waals surface area contributed by atoms with Crippen molar-refractivity contribution in [3.8, 4) is 0 Å². The van der Waals surface area contributed by atoms with Crippen LogP contribution in [-0.4, -0.2) is 37.1 Å². The van der Waals surface area contributed by atoms with Gasteiger partial charge in [-0.3, -0.25) is 14.9 Å². The predicted octanol–water partition coefficient (Wildman–Crippen LogP) is 2.33. The number of carbonyl (C=O) groups is 1. The van der Waals surface area contributed by atoms with Gasteiger partial charge in [0.15, 0.2) is 0 Å². The van der Waals surface area contributed by atoms with Crippen LogP contribution in [0, 0.1) is 10.1 Å². The molecule has 0 saturated carbocycles. The van der Waals surface area contributed by atoms with Gasteiger partial charge >= 0.3 is 0 Å². The van der Waals surface area contributed by atoms with Crippen LogP contribution in [0.4, 0.5) is 11.4 Å². The number of rotatable bonds is 11. The van der Waals surface area contributed by atoms with Crippen molar-refractivity contribution in [3.05, 3.63) is 34.4 Å². The molecule has 0 bridgehead atoms. The molecule has 122 valence electrons. The molecule has 1 aromatic carbocycles. The second-order valence-electron chi connectivity index (χ2n) is 4.73. The van der Waals surface area contributed by atoms with Crippen molar-refractivity contribution < 1.29 is 14.5 Å². The van der Waals surface area contributed by atoms with E-state index in [9.17, 15) is 14.9 Å². The highest BCUT2D eigenvalue weighted by Gasteiger charge is 2.04. The van der Waals surface area contributed by atoms with E-state index in [2.05, 4.69) is 10.6 Å². The first-order valence-electron chi connectivity index (χ1n) is 7.46. The van der Waals surface area contributed by atoms with Crippen molar-refractivity contribution in [2.75, 3.05) is 31.6 Å². The maximum absolute atomic E-state index is 11.6. The molecule has 0 radical (unpaired) electrons. The Morgan fingerprint density at radius 1 is 1.23 bits per heavy atom. The first-order chi connectivity index (χ1) is 10.6. The van der Waals surface area contributed by atoms with Crippen LogP contribution in [0.15, 0.2) is 24.3 Å². The van der Waals surface area contributed by atoms with Gasteiger partial charge < -0.3 is 15.4 Å². The lowest BCUT2D eigenvalue weighted by Crippen LogP contribution is -2.25. The summed E-state index contributed by atoms with van der Waals surface area (Å²) in [6, 6.07) is 6.22. The molecule has 0 aliphatic heterocycles. The largest absolute Gasteiger partial charge is 0.385 e. The lowest BCUT2D eigenvalue weighted by Gasteiger charge is -2.07. The van der Waals surface area contributed by atoms with Crippen molar-refractivity contribution in [2.45, 2.75) is 26.2 Å². The summed E-state index contributed by atoms with van der Waals surface area (Å²) >= 11 is 0. The summed E-state index contributed by atoms with van der Waals surface area (Å²) in [5, 5.41) is 16.5. The molecule has 0 heterocycles. The fourth-order valence-electron chi connectivity index (χ4n) is 1.82. The molecular formula is C15H23N3O4. The quantitative estimate of drug-likeness (QED) is 0.372. The number of benzene rings is 1. The molecule has 0 atom stereocenters. The third-order valence-corrected chi connectivity index (χ3v) is 2.98. The van der Waals surface area contributed by atoms with Crippen molar-refractivity contribution in [1.29, 1.82) is 0 Å². The lowest BCUT2D eigenvalue weighted by molar-refractivity contribution is -0.384. The molecule has 7 heteroatoms. The highest BCUT2D eigenvalue weighted by Crippen LogP contribution is 2.15. The van der Waals surface area contributed by atoms with Crippen molar-refractivity contribution in [2.24, 2.45) is 0 Å². The first-order valence-corrected chi connectivity index (χ1v) is 7.46. The number of non-ortho nitro benzene ring substituents is 1. The third-order valence-electron chi connectivity index (χ3n) is 2.98. The van der Waals surface area contributed by atoms with E-state index in [1.807, 2.05) is 6.92 Å². The van der Waals surface area contributed by atoms with Gasteiger partial charge in [-0.25, -0.2) is 0 Å². The zero-order valence-electron chi connectivity index (χ0n) is 12.8. The fraction of sp³-hybridized carbons (Fsp3) is 0.533. The Morgan fingerprint density at radius 2 is 1.95 bits per heavy atom. The summed E-state index contributed by atoms with van der Waals surface area (Å²) in [6.07, 6.45) is 1.98. The Morgan fingerprint density at radius 3 is 2.59 bits per heavy atom. The van der Waals surface area contributed by atoms with Gasteiger partial charge in [0, 0.05) is 50.5 Å². The predicted molar refractivity (Wildman–Crippen MR) is 84.9 cm³/mol. The topological polar surface area (TPSA) is 93.5 Å². The lowest BCUT2D eigenvalue weighted by atomic mass is 10.2. The molecule has 0 aliphatic rings. The standard InChI is InChI=1S/C15H23N3O4/c1-2-22-12-4-11-17-15(19)5-3-10-16-13-6-8-14(9-7-13)18(20)21/h6-9,16H,2-5,10-12H2,1H3,(H,17,19). The van der Waals surface area contributed by atoms with Gasteiger partial charge in [-0.15, -0.1) is 0 Å². The van der Waals surface area contributed by atoms with Crippen LogP contribution in [-0.2, 0) is 9.53 Å². The second kappa shape index (κ2) is 10.6. The maximum atomic E-state index is 11.6. The van der Waals surface area contributed by atoms with Crippen molar-refractivity contribution in [3.63, 3.8) is 0 Å². The fourth-order valence-corrected chi connectivity index (χ4v) is 1.82. The summed E-state index contributed by atoms with van der Waals surface area (Å²) in [5.74, 6) is 0.0296. The van der Waals surface area contributed by atoms with Crippen LogP contribution < -0.4 is 10.6 Å². The highest BCUT2D eigenvalue weighted by molar-refractivity contribution is 5.75. The van der Waals surface area contributed by atoms with E-state index in [1.54, 1.807) is 12.1 Å². The number of nitro benzene ring substituents is 1. The number of hydrogen-bond donors (Lipinski definition) is 2. The normalized spacial score (nSPS) is 10.2. The molecule has 0 aromatic heterocycles. The number of ether oxygens (including phenoxy) is 1. The molecule has 0 aliphatic carbocycles. The molecule has 0 saturated heterocycles. The summed E-state index contributed by atoms with van der Waals surface area (Å²) < 4.78 is 5.18. The SMILES string of the molecule is CCOCCCNC(=O)CCCNc1ccc([N+](=O)[O-])cc1. The number of hydrogen-bond acceptors (Lipinski definition) is 5. The van der Waals surface area contributed by atoms with Gasteiger partial charge in [-0.1, -0.05) is 0 Å². The van der Waals surface area contributed by atoms with E-state index in [0.29, 0.717) is 39.1 Å². The summed E-state index contributed by atoms with van der Waals surface area (Å²) in [7, 11) is 0. The van der Waals surface area contributed by atoms with Gasteiger partial charge in [0.25, 0.3) is 5.69 Å². The van der Waals surface area contributed by atoms with Crippen molar-refractivity contribution in [1.82, 2.24) is 5.32 Å². The van der Waals surface area contributed by atoms with E-state index in [4.69, 9.17) is 4.74 Å². The Labute approximate surface area is 130 Å². The van der Waals surface area contributed by atoms with Crippen LogP contribution in [0.2, 0.25) is 0 Å². The molecule has 0 spiro atoms. The Hall–Kier alpha value is -2.15. The van der Waals surface area contributed by atoms with E-state index < -0.39 is 4.92 Å². The molecule has 0 unspecified atom stereocenters. The van der Waals surface area contributed by atoms with E-state index in [1.165, 1.54) is 12.1 Å². The van der Waals surface area contributed by atoms with E-state index in [0.717, 1.165) is 12.1 Å². The number of nitro groups is 1. The van der Waals surface area contributed by atoms with Crippen LogP contribution >= 0.6 is 0 Å². The average Bonchev–Trinajstić information content (AvgIpc) is 2.52. The molecule has 1 amide bonds. The zero-order chi connectivity index (χ0) is 16.2. The van der Waals surface area contributed by atoms with Gasteiger partial charge in [0.2, 0.25) is 5.91 Å². The molecule has 22 heavy (non-hydrogen) atoms. The third kappa shape index (κ3) is 7.58. The number of anilines is 1. The minimum Gasteiger partial charge on any atom is -0.385 e. The van der Waals surface area contributed by atoms with Crippen LogP contribution in [0.3, 0.4) is 0 Å². The van der Waals surface area contributed by atoms with Gasteiger partial charge in [-0.05, 0) is 31.9 Å². The molecule has 7 nitrogen and oxygen atoms in total. The number of carbonyl (C=O) groups excluding carboxylic acids is 1. The molecular weight excluding hydrogens is 286 g/mol. The maximum Gasteiger partial charge on any atom is 0.269 e. The molecule has 1 aromatic rings. The zero-order valence-corrected chi connectivity index (χ0v) is 12.8. The first kappa shape index (κ1) is 17.9. The van der Waals surface area contributed by atoms with Gasteiger partial charge in [-0.2, -0.15) is 0 Å². The number of amides is 1. The van der Waals surface area contributed by atoms with Gasteiger partial charge in [0.05, 0.1) is 4.92 Å². The van der Waals surface area contributed by atoms with E-state index >= 15 is 0 Å². The monoisotopic (exact) mass is 309 g/mol. The Balaban J connectivity index is 2.09. The van der Waals surface area contributed by atoms with Gasteiger partial charge in [0.1, 0.15) is 0 Å². The Kier molecular flexibility index (Phi) is 8.59. The molecule has 2 N–H and O–H groups in total. The van der Waals surface area contributed by atoms with E-state index in [-0.39, 0.29) is 11.6 Å². The second-order valence-corrected chi connectivity index (χ2v) is 4.73. The minimum absolute atomic E-state index is 0.0296. The number of nitrogens with zero attached hydrogens (tertiary/aromatic N) is 1. The van der Waals surface area contributed by atoms with Crippen LogP contribution in [0.5, 0.6) is 0 Å². The minimum atomic E-state index is -0.431. The van der Waals surface area contributed by atoms with Crippen molar-refractivity contribution >= 4 is 17.3 Å². The molecule has 1 rings (SSSR count). The van der Waals surface area contributed by atoms with Crippen LogP contribution in [0.1, 0.15) is 26.2 Å². The smallest absolute Gasteiger partial charge is 0.269 e. The summed E-state index contributed by atoms with van der Waals surface area (Å²) in [5.41, 5.74) is 0.875. The number of nitrogens with one attached hydrogen (secondary N) is 2. The highest BCUT2D eigenvalue weighted by atomic mass is 16.6. The average molecular weight is 309 g/mol. The summed E-state index contributed by atoms with van der Waals surface area (Å²) in [6.45, 7) is 4.58. The van der Waals surface area contributed by atoms with Crippen LogP contribution in [0.25, 0.3) is 0 Å². The Bertz CT molecular complexity index is 462. The summed E-state index contributed by atoms with van der Waals surface area (Å²) in [4.78, 5) is 21.6. The molecule has 0 fully saturated rings.